The zero-order valence-corrected chi connectivity index (χ0v) is 17.6. The molecule has 1 heterocycles. The molecule has 0 radical (unpaired) electrons. The van der Waals surface area contributed by atoms with Gasteiger partial charge in [0, 0.05) is 30.4 Å². The maximum atomic E-state index is 12.8. The largest absolute Gasteiger partial charge is 0.399 e. The molecule has 2 aromatic rings. The minimum atomic E-state index is -3.49. The van der Waals surface area contributed by atoms with Crippen LogP contribution in [-0.2, 0) is 10.0 Å². The number of amides is 1. The minimum Gasteiger partial charge on any atom is -0.399 e. The van der Waals surface area contributed by atoms with Gasteiger partial charge in [-0.15, -0.1) is 12.4 Å². The van der Waals surface area contributed by atoms with Gasteiger partial charge in [0.15, 0.2) is 0 Å². The molecule has 0 bridgehead atoms. The first kappa shape index (κ1) is 22.2. The topological polar surface area (TPSA) is 92.5 Å². The molecule has 1 aliphatic rings. The van der Waals surface area contributed by atoms with Crippen LogP contribution in [0.3, 0.4) is 0 Å². The van der Waals surface area contributed by atoms with Gasteiger partial charge in [0.25, 0.3) is 5.91 Å². The molecule has 152 valence electrons. The summed E-state index contributed by atoms with van der Waals surface area (Å²) in [6, 6.07) is 12.1. The van der Waals surface area contributed by atoms with Crippen molar-refractivity contribution in [1.82, 2.24) is 9.62 Å². The van der Waals surface area contributed by atoms with E-state index in [1.807, 2.05) is 19.9 Å². The molecule has 1 aliphatic heterocycles. The average molecular weight is 424 g/mol. The zero-order chi connectivity index (χ0) is 19.6. The number of nitrogens with two attached hydrogens (primary N) is 1. The Hall–Kier alpha value is -2.09. The maximum Gasteiger partial charge on any atom is 0.251 e. The summed E-state index contributed by atoms with van der Waals surface area (Å²) in [6.45, 7) is 4.56. The Labute approximate surface area is 172 Å². The first-order chi connectivity index (χ1) is 12.8. The van der Waals surface area contributed by atoms with Gasteiger partial charge in [-0.25, -0.2) is 8.42 Å². The SMILES string of the molecule is Cc1ccc(S(=O)(=O)N2CCC(NC(=O)c3cc(N)ccc3C)CC2)cc1.Cl. The van der Waals surface area contributed by atoms with Gasteiger partial charge in [-0.1, -0.05) is 23.8 Å². The number of aryl methyl sites for hydroxylation is 2. The number of nitrogens with zero attached hydrogens (tertiary/aromatic N) is 1. The Morgan fingerprint density at radius 2 is 1.68 bits per heavy atom. The van der Waals surface area contributed by atoms with Crippen molar-refractivity contribution in [2.24, 2.45) is 0 Å². The highest BCUT2D eigenvalue weighted by molar-refractivity contribution is 7.89. The molecular formula is C20H26ClN3O3S. The van der Waals surface area contributed by atoms with E-state index in [1.54, 1.807) is 36.4 Å². The van der Waals surface area contributed by atoms with Crippen LogP contribution < -0.4 is 11.1 Å². The predicted octanol–water partition coefficient (Wildman–Crippen LogP) is 2.89. The summed E-state index contributed by atoms with van der Waals surface area (Å²) >= 11 is 0. The summed E-state index contributed by atoms with van der Waals surface area (Å²) in [5.41, 5.74) is 8.76. The molecule has 0 saturated carbocycles. The molecule has 1 saturated heterocycles. The number of hydrogen-bond acceptors (Lipinski definition) is 4. The van der Waals surface area contributed by atoms with Crippen LogP contribution in [0.1, 0.15) is 34.3 Å². The predicted molar refractivity (Wildman–Crippen MR) is 113 cm³/mol. The van der Waals surface area contributed by atoms with Crippen LogP contribution in [0.2, 0.25) is 0 Å². The Bertz CT molecular complexity index is 938. The summed E-state index contributed by atoms with van der Waals surface area (Å²) in [6.07, 6.45) is 1.16. The monoisotopic (exact) mass is 423 g/mol. The van der Waals surface area contributed by atoms with Gasteiger partial charge in [0.1, 0.15) is 0 Å². The van der Waals surface area contributed by atoms with E-state index in [-0.39, 0.29) is 24.4 Å². The van der Waals surface area contributed by atoms with Crippen molar-refractivity contribution in [2.45, 2.75) is 37.6 Å². The molecule has 1 amide bonds. The molecule has 3 N–H and O–H groups in total. The van der Waals surface area contributed by atoms with E-state index in [4.69, 9.17) is 5.73 Å². The van der Waals surface area contributed by atoms with Gasteiger partial charge >= 0.3 is 0 Å². The molecular weight excluding hydrogens is 398 g/mol. The fraction of sp³-hybridized carbons (Fsp3) is 0.350. The molecule has 0 aliphatic carbocycles. The molecule has 6 nitrogen and oxygen atoms in total. The van der Waals surface area contributed by atoms with Crippen molar-refractivity contribution in [3.05, 3.63) is 59.2 Å². The summed E-state index contributed by atoms with van der Waals surface area (Å²) in [5, 5.41) is 3.01. The van der Waals surface area contributed by atoms with Gasteiger partial charge in [0.05, 0.1) is 4.90 Å². The van der Waals surface area contributed by atoms with E-state index in [0.29, 0.717) is 42.1 Å². The number of sulfonamides is 1. The Morgan fingerprint density at radius 1 is 1.07 bits per heavy atom. The second-order valence-corrected chi connectivity index (χ2v) is 8.98. The Kier molecular flexibility index (Phi) is 7.09. The molecule has 0 unspecified atom stereocenters. The van der Waals surface area contributed by atoms with E-state index < -0.39 is 10.0 Å². The quantitative estimate of drug-likeness (QED) is 0.739. The van der Waals surface area contributed by atoms with E-state index in [2.05, 4.69) is 5.32 Å². The van der Waals surface area contributed by atoms with E-state index in [1.165, 1.54) is 4.31 Å². The van der Waals surface area contributed by atoms with Crippen molar-refractivity contribution in [3.63, 3.8) is 0 Å². The minimum absolute atomic E-state index is 0. The maximum absolute atomic E-state index is 12.8. The van der Waals surface area contributed by atoms with Crippen LogP contribution in [0.15, 0.2) is 47.4 Å². The Balaban J connectivity index is 0.00000280. The normalized spacial score (nSPS) is 15.6. The van der Waals surface area contributed by atoms with Crippen LogP contribution in [0.25, 0.3) is 0 Å². The number of hydrogen-bond donors (Lipinski definition) is 2. The van der Waals surface area contributed by atoms with Crippen LogP contribution in [0.5, 0.6) is 0 Å². The summed E-state index contributed by atoms with van der Waals surface area (Å²) < 4.78 is 27.0. The van der Waals surface area contributed by atoms with Gasteiger partial charge < -0.3 is 11.1 Å². The van der Waals surface area contributed by atoms with Crippen LogP contribution in [0.4, 0.5) is 5.69 Å². The van der Waals surface area contributed by atoms with Crippen LogP contribution in [0, 0.1) is 13.8 Å². The van der Waals surface area contributed by atoms with E-state index in [9.17, 15) is 13.2 Å². The highest BCUT2D eigenvalue weighted by atomic mass is 35.5. The van der Waals surface area contributed by atoms with Gasteiger partial charge in [0.2, 0.25) is 10.0 Å². The highest BCUT2D eigenvalue weighted by Gasteiger charge is 2.30. The van der Waals surface area contributed by atoms with Crippen molar-refractivity contribution in [3.8, 4) is 0 Å². The lowest BCUT2D eigenvalue weighted by Gasteiger charge is -2.31. The highest BCUT2D eigenvalue weighted by Crippen LogP contribution is 2.22. The summed E-state index contributed by atoms with van der Waals surface area (Å²) in [4.78, 5) is 12.8. The molecule has 28 heavy (non-hydrogen) atoms. The van der Waals surface area contributed by atoms with Gasteiger partial charge in [-0.2, -0.15) is 4.31 Å². The third-order valence-electron chi connectivity index (χ3n) is 4.95. The second-order valence-electron chi connectivity index (χ2n) is 7.04. The summed E-state index contributed by atoms with van der Waals surface area (Å²) in [7, 11) is -3.49. The van der Waals surface area contributed by atoms with Gasteiger partial charge in [-0.3, -0.25) is 4.79 Å². The van der Waals surface area contributed by atoms with Crippen molar-refractivity contribution in [2.75, 3.05) is 18.8 Å². The molecule has 1 fully saturated rings. The molecule has 2 aromatic carbocycles. The number of piperidine rings is 1. The number of carbonyl (C=O) groups excluding carboxylic acids is 1. The number of nitrogen functional groups attached to an aromatic ring is 1. The lowest BCUT2D eigenvalue weighted by Crippen LogP contribution is -2.46. The molecule has 0 atom stereocenters. The number of rotatable bonds is 4. The molecule has 0 spiro atoms. The lowest BCUT2D eigenvalue weighted by molar-refractivity contribution is 0.0923. The lowest BCUT2D eigenvalue weighted by atomic mass is 10.0. The van der Waals surface area contributed by atoms with Crippen molar-refractivity contribution in [1.29, 1.82) is 0 Å². The smallest absolute Gasteiger partial charge is 0.251 e. The third-order valence-corrected chi connectivity index (χ3v) is 6.87. The number of carbonyl (C=O) groups is 1. The molecule has 3 rings (SSSR count). The standard InChI is InChI=1S/C20H25N3O3S.ClH/c1-14-3-7-18(8-4-14)27(25,26)23-11-9-17(10-12-23)22-20(24)19-13-16(21)6-5-15(19)2;/h3-8,13,17H,9-12,21H2,1-2H3,(H,22,24);1H. The Morgan fingerprint density at radius 3 is 2.29 bits per heavy atom. The average Bonchev–Trinajstić information content (AvgIpc) is 2.64. The van der Waals surface area contributed by atoms with Crippen LogP contribution in [-0.4, -0.2) is 37.8 Å². The number of nitrogens with one attached hydrogen (secondary N) is 1. The second kappa shape index (κ2) is 8.94. The first-order valence-corrected chi connectivity index (χ1v) is 10.4. The fourth-order valence-corrected chi connectivity index (χ4v) is 4.72. The van der Waals surface area contributed by atoms with Crippen molar-refractivity contribution >= 4 is 34.0 Å². The number of halogens is 1. The van der Waals surface area contributed by atoms with Crippen molar-refractivity contribution < 1.29 is 13.2 Å². The summed E-state index contributed by atoms with van der Waals surface area (Å²) in [5.74, 6) is -0.167. The molecule has 8 heteroatoms. The van der Waals surface area contributed by atoms with E-state index >= 15 is 0 Å². The van der Waals surface area contributed by atoms with E-state index in [0.717, 1.165) is 11.1 Å². The first-order valence-electron chi connectivity index (χ1n) is 9.01. The fourth-order valence-electron chi connectivity index (χ4n) is 3.25. The number of anilines is 1. The third kappa shape index (κ3) is 4.84. The zero-order valence-electron chi connectivity index (χ0n) is 16.0. The number of benzene rings is 2. The molecule has 0 aromatic heterocycles. The van der Waals surface area contributed by atoms with Crippen LogP contribution >= 0.6 is 12.4 Å². The van der Waals surface area contributed by atoms with Gasteiger partial charge in [-0.05, 0) is 56.5 Å².